The first-order valence-electron chi connectivity index (χ1n) is 8.19. The Morgan fingerprint density at radius 3 is 2.52 bits per heavy atom. The third-order valence-electron chi connectivity index (χ3n) is 3.73. The van der Waals surface area contributed by atoms with Crippen LogP contribution in [0.15, 0.2) is 58.2 Å². The van der Waals surface area contributed by atoms with E-state index in [0.29, 0.717) is 28.3 Å². The van der Waals surface area contributed by atoms with Crippen molar-refractivity contribution >= 4 is 23.4 Å². The Bertz CT molecular complexity index is 914. The van der Waals surface area contributed by atoms with E-state index in [1.165, 1.54) is 11.8 Å². The summed E-state index contributed by atoms with van der Waals surface area (Å²) in [5, 5.41) is 10.8. The van der Waals surface area contributed by atoms with Crippen LogP contribution in [0.25, 0.3) is 11.5 Å². The van der Waals surface area contributed by atoms with Crippen LogP contribution in [-0.4, -0.2) is 35.6 Å². The minimum Gasteiger partial charge on any atom is -0.493 e. The fourth-order valence-electron chi connectivity index (χ4n) is 2.32. The average molecular weight is 385 g/mol. The van der Waals surface area contributed by atoms with Crippen LogP contribution < -0.4 is 14.8 Å². The summed E-state index contributed by atoms with van der Waals surface area (Å²) in [6, 6.07) is 14.7. The van der Waals surface area contributed by atoms with Gasteiger partial charge in [0, 0.05) is 17.3 Å². The van der Waals surface area contributed by atoms with Gasteiger partial charge in [-0.15, -0.1) is 10.2 Å². The second kappa shape index (κ2) is 8.59. The zero-order valence-corrected chi connectivity index (χ0v) is 15.9. The van der Waals surface area contributed by atoms with Crippen LogP contribution in [0.1, 0.15) is 6.92 Å². The van der Waals surface area contributed by atoms with Crippen LogP contribution in [0.5, 0.6) is 11.5 Å². The molecule has 8 heteroatoms. The lowest BCUT2D eigenvalue weighted by Gasteiger charge is -2.12. The number of hydrogen-bond acceptors (Lipinski definition) is 7. The highest BCUT2D eigenvalue weighted by Crippen LogP contribution is 2.31. The fourth-order valence-corrected chi connectivity index (χ4v) is 3.00. The largest absolute Gasteiger partial charge is 0.493 e. The van der Waals surface area contributed by atoms with Gasteiger partial charge in [-0.3, -0.25) is 4.79 Å². The zero-order valence-electron chi connectivity index (χ0n) is 15.1. The molecule has 1 aromatic heterocycles. The van der Waals surface area contributed by atoms with Crippen molar-refractivity contribution < 1.29 is 18.7 Å². The van der Waals surface area contributed by atoms with Gasteiger partial charge in [0.05, 0.1) is 19.5 Å². The van der Waals surface area contributed by atoms with Crippen molar-refractivity contribution in [3.05, 3.63) is 48.5 Å². The molecule has 0 saturated carbocycles. The molecule has 27 heavy (non-hydrogen) atoms. The molecule has 0 saturated heterocycles. The highest BCUT2D eigenvalue weighted by molar-refractivity contribution is 8.00. The molecular formula is C19H19N3O4S. The average Bonchev–Trinajstić information content (AvgIpc) is 3.17. The molecule has 0 unspecified atom stereocenters. The van der Waals surface area contributed by atoms with Crippen molar-refractivity contribution in [1.82, 2.24) is 10.2 Å². The second-order valence-electron chi connectivity index (χ2n) is 5.56. The number of methoxy groups -OCH3 is 2. The molecule has 2 aromatic carbocycles. The van der Waals surface area contributed by atoms with Gasteiger partial charge in [0.1, 0.15) is 0 Å². The van der Waals surface area contributed by atoms with Gasteiger partial charge in [-0.05, 0) is 31.2 Å². The van der Waals surface area contributed by atoms with Crippen LogP contribution in [0, 0.1) is 0 Å². The van der Waals surface area contributed by atoms with Crippen molar-refractivity contribution in [2.24, 2.45) is 0 Å². The minimum atomic E-state index is -0.429. The number of hydrogen-bond donors (Lipinski definition) is 1. The smallest absolute Gasteiger partial charge is 0.277 e. The molecule has 0 spiro atoms. The Kier molecular flexibility index (Phi) is 5.97. The van der Waals surface area contributed by atoms with E-state index in [4.69, 9.17) is 13.9 Å². The van der Waals surface area contributed by atoms with Crippen LogP contribution >= 0.6 is 11.8 Å². The first-order valence-corrected chi connectivity index (χ1v) is 9.07. The molecule has 0 bridgehead atoms. The summed E-state index contributed by atoms with van der Waals surface area (Å²) < 4.78 is 16.1. The number of ether oxygens (including phenoxy) is 2. The predicted octanol–water partition coefficient (Wildman–Crippen LogP) is 3.87. The number of aromatic nitrogens is 2. The molecule has 1 heterocycles. The molecule has 140 valence electrons. The molecule has 0 aliphatic rings. The highest BCUT2D eigenvalue weighted by atomic mass is 32.2. The third-order valence-corrected chi connectivity index (χ3v) is 4.66. The molecule has 1 amide bonds. The van der Waals surface area contributed by atoms with Crippen molar-refractivity contribution in [3.63, 3.8) is 0 Å². The summed E-state index contributed by atoms with van der Waals surface area (Å²) in [4.78, 5) is 12.5. The number of thioether (sulfide) groups is 1. The van der Waals surface area contributed by atoms with Crippen LogP contribution in [0.3, 0.4) is 0 Å². The summed E-state index contributed by atoms with van der Waals surface area (Å²) in [6.07, 6.45) is 0. The van der Waals surface area contributed by atoms with Crippen molar-refractivity contribution in [2.75, 3.05) is 19.5 Å². The number of nitrogens with zero attached hydrogens (tertiary/aromatic N) is 2. The lowest BCUT2D eigenvalue weighted by Crippen LogP contribution is -2.22. The SMILES string of the molecule is COc1ccc(NC(=O)[C@H](C)Sc2nnc(-c3ccccc3)o2)cc1OC. The number of nitrogens with one attached hydrogen (secondary N) is 1. The summed E-state index contributed by atoms with van der Waals surface area (Å²) in [5.74, 6) is 1.37. The molecule has 3 aromatic rings. The summed E-state index contributed by atoms with van der Waals surface area (Å²) in [7, 11) is 3.10. The molecule has 0 fully saturated rings. The van der Waals surface area contributed by atoms with E-state index < -0.39 is 5.25 Å². The maximum absolute atomic E-state index is 12.5. The van der Waals surface area contributed by atoms with E-state index >= 15 is 0 Å². The Labute approximate surface area is 161 Å². The summed E-state index contributed by atoms with van der Waals surface area (Å²) in [5.41, 5.74) is 1.44. The monoisotopic (exact) mass is 385 g/mol. The molecule has 3 rings (SSSR count). The second-order valence-corrected chi connectivity index (χ2v) is 6.85. The van der Waals surface area contributed by atoms with Gasteiger partial charge in [0.2, 0.25) is 11.8 Å². The lowest BCUT2D eigenvalue weighted by molar-refractivity contribution is -0.115. The normalized spacial score (nSPS) is 11.7. The third kappa shape index (κ3) is 4.59. The zero-order chi connectivity index (χ0) is 19.2. The molecule has 1 atom stereocenters. The maximum Gasteiger partial charge on any atom is 0.277 e. The quantitative estimate of drug-likeness (QED) is 0.618. The van der Waals surface area contributed by atoms with E-state index in [1.807, 2.05) is 30.3 Å². The number of rotatable bonds is 7. The maximum atomic E-state index is 12.5. The van der Waals surface area contributed by atoms with Gasteiger partial charge in [0.25, 0.3) is 5.22 Å². The highest BCUT2D eigenvalue weighted by Gasteiger charge is 2.19. The first-order chi connectivity index (χ1) is 13.1. The van der Waals surface area contributed by atoms with Crippen LogP contribution in [0.2, 0.25) is 0 Å². The van der Waals surface area contributed by atoms with Crippen molar-refractivity contribution in [3.8, 4) is 23.0 Å². The van der Waals surface area contributed by atoms with E-state index in [2.05, 4.69) is 15.5 Å². The molecule has 0 radical (unpaired) electrons. The predicted molar refractivity (Wildman–Crippen MR) is 103 cm³/mol. The number of carbonyl (C=O) groups excluding carboxylic acids is 1. The Morgan fingerprint density at radius 1 is 1.07 bits per heavy atom. The Hall–Kier alpha value is -3.00. The molecule has 1 N–H and O–H groups in total. The minimum absolute atomic E-state index is 0.188. The van der Waals surface area contributed by atoms with E-state index in [9.17, 15) is 4.79 Å². The first kappa shape index (κ1) is 18.8. The van der Waals surface area contributed by atoms with Gasteiger partial charge in [-0.25, -0.2) is 0 Å². The Balaban J connectivity index is 1.64. The van der Waals surface area contributed by atoms with Gasteiger partial charge in [-0.2, -0.15) is 0 Å². The van der Waals surface area contributed by atoms with Gasteiger partial charge >= 0.3 is 0 Å². The number of carbonyl (C=O) groups is 1. The van der Waals surface area contributed by atoms with E-state index in [1.54, 1.807) is 39.3 Å². The van der Waals surface area contributed by atoms with Gasteiger partial charge in [-0.1, -0.05) is 30.0 Å². The van der Waals surface area contributed by atoms with Crippen molar-refractivity contribution in [1.29, 1.82) is 0 Å². The number of benzene rings is 2. The van der Waals surface area contributed by atoms with Crippen molar-refractivity contribution in [2.45, 2.75) is 17.4 Å². The number of amides is 1. The summed E-state index contributed by atoms with van der Waals surface area (Å²) >= 11 is 1.20. The van der Waals surface area contributed by atoms with Gasteiger partial charge < -0.3 is 19.2 Å². The summed E-state index contributed by atoms with van der Waals surface area (Å²) in [6.45, 7) is 1.77. The molecule has 0 aliphatic carbocycles. The molecule has 0 aliphatic heterocycles. The van der Waals surface area contributed by atoms with Crippen LogP contribution in [-0.2, 0) is 4.79 Å². The molecular weight excluding hydrogens is 366 g/mol. The Morgan fingerprint density at radius 2 is 1.81 bits per heavy atom. The van der Waals surface area contributed by atoms with E-state index in [0.717, 1.165) is 5.56 Å². The standard InChI is InChI=1S/C19H19N3O4S/c1-12(17(23)20-14-9-10-15(24-2)16(11-14)25-3)27-19-22-21-18(26-19)13-7-5-4-6-8-13/h4-12H,1-3H3,(H,20,23)/t12-/m0/s1. The topological polar surface area (TPSA) is 86.5 Å². The lowest BCUT2D eigenvalue weighted by atomic mass is 10.2. The fraction of sp³-hybridized carbons (Fsp3) is 0.211. The number of anilines is 1. The van der Waals surface area contributed by atoms with Gasteiger partial charge in [0.15, 0.2) is 11.5 Å². The van der Waals surface area contributed by atoms with Crippen LogP contribution in [0.4, 0.5) is 5.69 Å². The molecule has 7 nitrogen and oxygen atoms in total. The van der Waals surface area contributed by atoms with E-state index in [-0.39, 0.29) is 5.91 Å².